The summed E-state index contributed by atoms with van der Waals surface area (Å²) in [5.41, 5.74) is 2.21. The van der Waals surface area contributed by atoms with E-state index in [0.29, 0.717) is 10.9 Å². The summed E-state index contributed by atoms with van der Waals surface area (Å²) in [5, 5.41) is 19.2. The molecule has 2 N–H and O–H groups in total. The number of benzene rings is 2. The normalized spacial score (nSPS) is 11.4. The first kappa shape index (κ1) is 14.5. The van der Waals surface area contributed by atoms with Gasteiger partial charge in [-0.15, -0.1) is 0 Å². The number of hydrogen-bond donors (Lipinski definition) is 2. The third-order valence-corrected chi connectivity index (χ3v) is 3.44. The van der Waals surface area contributed by atoms with Gasteiger partial charge in [-0.2, -0.15) is 5.26 Å². The van der Waals surface area contributed by atoms with E-state index in [1.54, 1.807) is 30.3 Å². The van der Waals surface area contributed by atoms with Crippen LogP contribution in [0.4, 0.5) is 0 Å². The molecule has 23 heavy (non-hydrogen) atoms. The van der Waals surface area contributed by atoms with Crippen molar-refractivity contribution in [3.8, 4) is 11.8 Å². The van der Waals surface area contributed by atoms with Crippen molar-refractivity contribution in [1.29, 1.82) is 5.26 Å². The van der Waals surface area contributed by atoms with Crippen molar-refractivity contribution in [3.63, 3.8) is 0 Å². The number of rotatable bonds is 2. The minimum absolute atomic E-state index is 0.147. The molecule has 0 aliphatic carbocycles. The van der Waals surface area contributed by atoms with Gasteiger partial charge in [-0.05, 0) is 42.8 Å². The lowest BCUT2D eigenvalue weighted by atomic mass is 10.1. The molecule has 3 aromatic rings. The van der Waals surface area contributed by atoms with Gasteiger partial charge < -0.3 is 10.1 Å². The van der Waals surface area contributed by atoms with Gasteiger partial charge in [0.25, 0.3) is 5.56 Å². The predicted molar refractivity (Wildman–Crippen MR) is 88.7 cm³/mol. The van der Waals surface area contributed by atoms with Crippen LogP contribution in [0.3, 0.4) is 0 Å². The topological polar surface area (TPSA) is 89.8 Å². The number of nitrogens with zero attached hydrogens (tertiary/aromatic N) is 2. The van der Waals surface area contributed by atoms with Gasteiger partial charge in [0, 0.05) is 0 Å². The molecule has 3 rings (SSSR count). The zero-order valence-electron chi connectivity index (χ0n) is 12.4. The van der Waals surface area contributed by atoms with Crippen LogP contribution in [-0.2, 0) is 0 Å². The fourth-order valence-corrected chi connectivity index (χ4v) is 2.27. The molecule has 0 aliphatic rings. The molecule has 0 saturated heterocycles. The van der Waals surface area contributed by atoms with E-state index >= 15 is 0 Å². The van der Waals surface area contributed by atoms with Crippen LogP contribution >= 0.6 is 0 Å². The van der Waals surface area contributed by atoms with Gasteiger partial charge in [0.05, 0.1) is 16.5 Å². The number of fused-ring (bicyclic) bond motifs is 1. The number of aromatic hydroxyl groups is 1. The maximum absolute atomic E-state index is 12.2. The van der Waals surface area contributed by atoms with E-state index in [1.807, 2.05) is 13.0 Å². The third-order valence-electron chi connectivity index (χ3n) is 3.44. The van der Waals surface area contributed by atoms with E-state index < -0.39 is 0 Å². The van der Waals surface area contributed by atoms with Crippen LogP contribution in [0.15, 0.2) is 47.3 Å². The summed E-state index contributed by atoms with van der Waals surface area (Å²) in [7, 11) is 0. The Kier molecular flexibility index (Phi) is 3.65. The molecule has 5 nitrogen and oxygen atoms in total. The number of nitriles is 1. The molecule has 0 bridgehead atoms. The van der Waals surface area contributed by atoms with Gasteiger partial charge in [0.1, 0.15) is 11.8 Å². The van der Waals surface area contributed by atoms with Crippen molar-refractivity contribution in [2.75, 3.05) is 0 Å². The fraction of sp³-hybridized carbons (Fsp3) is 0.0556. The first-order chi connectivity index (χ1) is 11.1. The van der Waals surface area contributed by atoms with Crippen molar-refractivity contribution in [1.82, 2.24) is 9.97 Å². The molecular formula is C18H13N3O2. The number of phenols is 1. The Morgan fingerprint density at radius 3 is 2.70 bits per heavy atom. The van der Waals surface area contributed by atoms with E-state index in [2.05, 4.69) is 16.0 Å². The zero-order chi connectivity index (χ0) is 16.4. The monoisotopic (exact) mass is 303 g/mol. The first-order valence-corrected chi connectivity index (χ1v) is 6.99. The van der Waals surface area contributed by atoms with Crippen LogP contribution in [0.25, 0.3) is 22.6 Å². The Bertz CT molecular complexity index is 1010. The summed E-state index contributed by atoms with van der Waals surface area (Å²) in [6.07, 6.45) is 1.61. The van der Waals surface area contributed by atoms with Crippen LogP contribution in [0, 0.1) is 18.3 Å². The molecule has 2 aromatic carbocycles. The van der Waals surface area contributed by atoms with Gasteiger partial charge in [-0.25, -0.2) is 4.98 Å². The summed E-state index contributed by atoms with van der Waals surface area (Å²) in [6.45, 7) is 1.90. The molecule has 5 heteroatoms. The highest BCUT2D eigenvalue weighted by Gasteiger charge is 2.08. The summed E-state index contributed by atoms with van der Waals surface area (Å²) in [5.74, 6) is 0.371. The van der Waals surface area contributed by atoms with Crippen LogP contribution < -0.4 is 5.56 Å². The lowest BCUT2D eigenvalue weighted by Crippen LogP contribution is -2.11. The number of phenolic OH excluding ortho intramolecular Hbond substituents is 1. The van der Waals surface area contributed by atoms with Gasteiger partial charge in [-0.3, -0.25) is 4.79 Å². The molecule has 0 fully saturated rings. The Morgan fingerprint density at radius 1 is 1.26 bits per heavy atom. The van der Waals surface area contributed by atoms with Crippen molar-refractivity contribution in [2.24, 2.45) is 0 Å². The molecule has 0 amide bonds. The molecule has 0 unspecified atom stereocenters. The number of H-pyrrole nitrogens is 1. The van der Waals surface area contributed by atoms with Gasteiger partial charge in [0.15, 0.2) is 5.82 Å². The van der Waals surface area contributed by atoms with Crippen LogP contribution in [0.2, 0.25) is 0 Å². The number of hydrogen-bond acceptors (Lipinski definition) is 4. The molecular weight excluding hydrogens is 290 g/mol. The largest absolute Gasteiger partial charge is 0.508 e. The van der Waals surface area contributed by atoms with Crippen molar-refractivity contribution < 1.29 is 5.11 Å². The second-order valence-corrected chi connectivity index (χ2v) is 5.20. The number of aromatic amines is 1. The maximum Gasteiger partial charge on any atom is 0.259 e. The third kappa shape index (κ3) is 2.97. The Morgan fingerprint density at radius 2 is 2.00 bits per heavy atom. The number of nitrogens with one attached hydrogen (secondary N) is 1. The second kappa shape index (κ2) is 5.78. The van der Waals surface area contributed by atoms with Gasteiger partial charge in [-0.1, -0.05) is 23.8 Å². The minimum Gasteiger partial charge on any atom is -0.508 e. The van der Waals surface area contributed by atoms with Crippen LogP contribution in [0.1, 0.15) is 17.0 Å². The molecule has 0 saturated carbocycles. The number of aromatic nitrogens is 2. The van der Waals surface area contributed by atoms with Crippen molar-refractivity contribution in [2.45, 2.75) is 6.92 Å². The number of allylic oxidation sites excluding steroid dienone is 1. The molecule has 0 aliphatic heterocycles. The summed E-state index contributed by atoms with van der Waals surface area (Å²) < 4.78 is 0. The predicted octanol–water partition coefficient (Wildman–Crippen LogP) is 3.00. The van der Waals surface area contributed by atoms with Gasteiger partial charge >= 0.3 is 0 Å². The van der Waals surface area contributed by atoms with E-state index in [9.17, 15) is 15.2 Å². The summed E-state index contributed by atoms with van der Waals surface area (Å²) in [6, 6.07) is 13.9. The van der Waals surface area contributed by atoms with E-state index in [4.69, 9.17) is 0 Å². The maximum atomic E-state index is 12.2. The fourth-order valence-electron chi connectivity index (χ4n) is 2.27. The average Bonchev–Trinajstić information content (AvgIpc) is 2.55. The molecule has 1 aromatic heterocycles. The summed E-state index contributed by atoms with van der Waals surface area (Å²) >= 11 is 0. The van der Waals surface area contributed by atoms with Crippen LogP contribution in [0.5, 0.6) is 5.75 Å². The number of aryl methyl sites for hydroxylation is 1. The van der Waals surface area contributed by atoms with E-state index in [1.165, 1.54) is 12.1 Å². The highest BCUT2D eigenvalue weighted by molar-refractivity contribution is 5.89. The lowest BCUT2D eigenvalue weighted by molar-refractivity contribution is 0.475. The highest BCUT2D eigenvalue weighted by atomic mass is 16.3. The quantitative estimate of drug-likeness (QED) is 0.712. The molecule has 1 heterocycles. The van der Waals surface area contributed by atoms with Gasteiger partial charge in [0.2, 0.25) is 0 Å². The molecule has 0 atom stereocenters. The van der Waals surface area contributed by atoms with Crippen LogP contribution in [-0.4, -0.2) is 15.1 Å². The van der Waals surface area contributed by atoms with E-state index in [0.717, 1.165) is 11.1 Å². The van der Waals surface area contributed by atoms with Crippen molar-refractivity contribution in [3.05, 3.63) is 69.8 Å². The first-order valence-electron chi connectivity index (χ1n) is 6.99. The Hall–Kier alpha value is -3.39. The van der Waals surface area contributed by atoms with Crippen molar-refractivity contribution >= 4 is 22.6 Å². The smallest absolute Gasteiger partial charge is 0.259 e. The highest BCUT2D eigenvalue weighted by Crippen LogP contribution is 2.18. The lowest BCUT2D eigenvalue weighted by Gasteiger charge is -2.03. The molecule has 0 spiro atoms. The van der Waals surface area contributed by atoms with E-state index in [-0.39, 0.29) is 22.7 Å². The summed E-state index contributed by atoms with van der Waals surface area (Å²) in [4.78, 5) is 19.2. The molecule has 0 radical (unpaired) electrons. The molecule has 112 valence electrons. The Labute approximate surface area is 132 Å². The SMILES string of the molecule is Cc1ccc2nc(C(C#N)=Cc3ccc(O)cc3)[nH]c(=O)c2c1. The zero-order valence-corrected chi connectivity index (χ0v) is 12.4. The standard InChI is InChI=1S/C18H13N3O2/c1-11-2-7-16-15(8-11)18(23)21-17(20-16)13(10-19)9-12-3-5-14(22)6-4-12/h2-9,22H,1H3,(H,20,21,23). The minimum atomic E-state index is -0.277. The second-order valence-electron chi connectivity index (χ2n) is 5.20. The average molecular weight is 303 g/mol. The Balaban J connectivity index is 2.14.